The molecule has 1 aliphatic rings. The number of urea groups is 1. The molecule has 1 aromatic heterocycles. The van der Waals surface area contributed by atoms with Crippen molar-refractivity contribution in [3.8, 4) is 0 Å². The zero-order valence-corrected chi connectivity index (χ0v) is 14.2. The van der Waals surface area contributed by atoms with Gasteiger partial charge in [0.2, 0.25) is 5.88 Å². The van der Waals surface area contributed by atoms with Crippen molar-refractivity contribution in [2.45, 2.75) is 45.7 Å². The molecular weight excluding hydrogens is 304 g/mol. The molecule has 0 aliphatic heterocycles. The van der Waals surface area contributed by atoms with Gasteiger partial charge in [-0.05, 0) is 37.8 Å². The molecule has 1 aliphatic carbocycles. The van der Waals surface area contributed by atoms with Gasteiger partial charge in [-0.2, -0.15) is 0 Å². The maximum atomic E-state index is 12.0. The molecule has 1 fully saturated rings. The highest BCUT2D eigenvalue weighted by atomic mass is 16.5. The SMILES string of the molecule is Cc1cc(N(C(N)=O)c2ccccc2CNC(C)CC2CC2)on1. The molecule has 24 heavy (non-hydrogen) atoms. The van der Waals surface area contributed by atoms with E-state index >= 15 is 0 Å². The molecule has 3 rings (SSSR count). The molecule has 128 valence electrons. The number of primary amides is 1. The highest BCUT2D eigenvalue weighted by Crippen LogP contribution is 2.34. The first kappa shape index (κ1) is 16.5. The predicted octanol–water partition coefficient (Wildman–Crippen LogP) is 3.48. The highest BCUT2D eigenvalue weighted by molar-refractivity contribution is 5.97. The molecule has 0 bridgehead atoms. The summed E-state index contributed by atoms with van der Waals surface area (Å²) in [6, 6.07) is 9.24. The Bertz CT molecular complexity index is 709. The van der Waals surface area contributed by atoms with Gasteiger partial charge in [-0.3, -0.25) is 0 Å². The third-order valence-corrected chi connectivity index (χ3v) is 4.31. The van der Waals surface area contributed by atoms with Crippen molar-refractivity contribution in [3.63, 3.8) is 0 Å². The summed E-state index contributed by atoms with van der Waals surface area (Å²) in [4.78, 5) is 13.4. The zero-order valence-electron chi connectivity index (χ0n) is 14.2. The summed E-state index contributed by atoms with van der Waals surface area (Å²) >= 11 is 0. The maximum absolute atomic E-state index is 12.0. The number of anilines is 2. The van der Waals surface area contributed by atoms with Gasteiger partial charge in [-0.15, -0.1) is 0 Å². The van der Waals surface area contributed by atoms with Gasteiger partial charge in [0.25, 0.3) is 0 Å². The van der Waals surface area contributed by atoms with Gasteiger partial charge in [0.1, 0.15) is 0 Å². The molecule has 1 aromatic carbocycles. The Labute approximate surface area is 142 Å². The van der Waals surface area contributed by atoms with Gasteiger partial charge in [-0.25, -0.2) is 9.69 Å². The topological polar surface area (TPSA) is 84.4 Å². The van der Waals surface area contributed by atoms with Crippen LogP contribution in [0.5, 0.6) is 0 Å². The maximum Gasteiger partial charge on any atom is 0.326 e. The molecule has 0 spiro atoms. The number of nitrogens with zero attached hydrogens (tertiary/aromatic N) is 2. The van der Waals surface area contributed by atoms with Crippen molar-refractivity contribution in [1.29, 1.82) is 0 Å². The Balaban J connectivity index is 1.79. The van der Waals surface area contributed by atoms with E-state index in [9.17, 15) is 4.79 Å². The Kier molecular flexibility index (Phi) is 4.85. The minimum Gasteiger partial charge on any atom is -0.351 e. The van der Waals surface area contributed by atoms with E-state index in [-0.39, 0.29) is 0 Å². The molecule has 2 aromatic rings. The largest absolute Gasteiger partial charge is 0.351 e. The number of nitrogens with two attached hydrogens (primary N) is 1. The van der Waals surface area contributed by atoms with Crippen LogP contribution >= 0.6 is 0 Å². The van der Waals surface area contributed by atoms with Gasteiger partial charge in [0.05, 0.1) is 11.4 Å². The number of rotatable bonds is 7. The van der Waals surface area contributed by atoms with Crippen LogP contribution in [0.3, 0.4) is 0 Å². The standard InChI is InChI=1S/C18H24N4O2/c1-12(9-14-7-8-14)20-11-15-5-3-4-6-16(15)22(18(19)23)17-10-13(2)21-24-17/h3-6,10,12,14,20H,7-9,11H2,1-2H3,(H2,19,23). The lowest BCUT2D eigenvalue weighted by Gasteiger charge is -2.21. The average Bonchev–Trinajstić information content (AvgIpc) is 3.26. The lowest BCUT2D eigenvalue weighted by atomic mass is 10.1. The van der Waals surface area contributed by atoms with Crippen LogP contribution in [0.25, 0.3) is 0 Å². The van der Waals surface area contributed by atoms with Crippen molar-refractivity contribution in [1.82, 2.24) is 10.5 Å². The van der Waals surface area contributed by atoms with Crippen molar-refractivity contribution >= 4 is 17.6 Å². The fourth-order valence-corrected chi connectivity index (χ4v) is 2.90. The summed E-state index contributed by atoms with van der Waals surface area (Å²) in [6.07, 6.45) is 3.90. The van der Waals surface area contributed by atoms with Crippen LogP contribution in [-0.2, 0) is 6.54 Å². The second kappa shape index (κ2) is 7.05. The van der Waals surface area contributed by atoms with Crippen LogP contribution in [0.4, 0.5) is 16.4 Å². The average molecular weight is 328 g/mol. The van der Waals surface area contributed by atoms with Gasteiger partial charge in [-0.1, -0.05) is 36.2 Å². The number of amides is 2. The van der Waals surface area contributed by atoms with E-state index in [1.54, 1.807) is 13.0 Å². The fourth-order valence-electron chi connectivity index (χ4n) is 2.90. The zero-order chi connectivity index (χ0) is 17.1. The third-order valence-electron chi connectivity index (χ3n) is 4.31. The Morgan fingerprint density at radius 2 is 2.21 bits per heavy atom. The quantitative estimate of drug-likeness (QED) is 0.815. The summed E-state index contributed by atoms with van der Waals surface area (Å²) in [5, 5.41) is 7.38. The van der Waals surface area contributed by atoms with E-state index in [1.165, 1.54) is 24.2 Å². The van der Waals surface area contributed by atoms with Crippen molar-refractivity contribution in [2.75, 3.05) is 4.90 Å². The second-order valence-electron chi connectivity index (χ2n) is 6.57. The van der Waals surface area contributed by atoms with E-state index in [2.05, 4.69) is 17.4 Å². The van der Waals surface area contributed by atoms with Gasteiger partial charge in [0, 0.05) is 18.7 Å². The minimum absolute atomic E-state index is 0.332. The number of hydrogen-bond acceptors (Lipinski definition) is 4. The fraction of sp³-hybridized carbons (Fsp3) is 0.444. The van der Waals surface area contributed by atoms with Crippen LogP contribution in [0, 0.1) is 12.8 Å². The monoisotopic (exact) mass is 328 g/mol. The number of benzene rings is 1. The Morgan fingerprint density at radius 1 is 1.46 bits per heavy atom. The number of aromatic nitrogens is 1. The van der Waals surface area contributed by atoms with Gasteiger partial charge in [0.15, 0.2) is 0 Å². The molecule has 6 heteroatoms. The van der Waals surface area contributed by atoms with Crippen molar-refractivity contribution in [2.24, 2.45) is 11.7 Å². The third kappa shape index (κ3) is 3.94. The second-order valence-corrected chi connectivity index (χ2v) is 6.57. The molecule has 2 amide bonds. The van der Waals surface area contributed by atoms with Crippen LogP contribution in [-0.4, -0.2) is 17.2 Å². The molecule has 1 saturated carbocycles. The van der Waals surface area contributed by atoms with E-state index in [0.29, 0.717) is 29.9 Å². The minimum atomic E-state index is -0.593. The predicted molar refractivity (Wildman–Crippen MR) is 93.0 cm³/mol. The number of para-hydroxylation sites is 1. The Hall–Kier alpha value is -2.34. The van der Waals surface area contributed by atoms with Crippen LogP contribution in [0.15, 0.2) is 34.9 Å². The number of hydrogen-bond donors (Lipinski definition) is 2. The highest BCUT2D eigenvalue weighted by Gasteiger charge is 2.24. The summed E-state index contributed by atoms with van der Waals surface area (Å²) < 4.78 is 5.24. The van der Waals surface area contributed by atoms with Crippen molar-refractivity contribution in [3.05, 3.63) is 41.6 Å². The van der Waals surface area contributed by atoms with Crippen LogP contribution in [0.1, 0.15) is 37.4 Å². The summed E-state index contributed by atoms with van der Waals surface area (Å²) in [5.41, 5.74) is 8.00. The lowest BCUT2D eigenvalue weighted by molar-refractivity contribution is 0.254. The molecule has 3 N–H and O–H groups in total. The Morgan fingerprint density at radius 3 is 2.83 bits per heavy atom. The van der Waals surface area contributed by atoms with Crippen LogP contribution < -0.4 is 16.0 Å². The first-order valence-electron chi connectivity index (χ1n) is 8.38. The van der Waals surface area contributed by atoms with E-state index in [0.717, 1.165) is 11.5 Å². The molecule has 0 radical (unpaired) electrons. The first-order valence-corrected chi connectivity index (χ1v) is 8.38. The molecule has 1 heterocycles. The van der Waals surface area contributed by atoms with Crippen molar-refractivity contribution < 1.29 is 9.32 Å². The lowest BCUT2D eigenvalue weighted by Crippen LogP contribution is -2.33. The number of nitrogens with one attached hydrogen (secondary N) is 1. The number of carbonyl (C=O) groups is 1. The summed E-state index contributed by atoms with van der Waals surface area (Å²) in [6.45, 7) is 4.67. The van der Waals surface area contributed by atoms with Gasteiger partial charge >= 0.3 is 6.03 Å². The van der Waals surface area contributed by atoms with E-state index < -0.39 is 6.03 Å². The van der Waals surface area contributed by atoms with E-state index in [4.69, 9.17) is 10.3 Å². The normalized spacial score (nSPS) is 15.2. The van der Waals surface area contributed by atoms with Crippen LogP contribution in [0.2, 0.25) is 0 Å². The molecule has 1 atom stereocenters. The number of carbonyl (C=O) groups excluding carboxylic acids is 1. The number of aryl methyl sites for hydroxylation is 1. The molecule has 0 saturated heterocycles. The van der Waals surface area contributed by atoms with Gasteiger partial charge < -0.3 is 15.6 Å². The first-order chi connectivity index (χ1) is 11.5. The smallest absolute Gasteiger partial charge is 0.326 e. The molecular formula is C18H24N4O2. The molecule has 1 unspecified atom stereocenters. The summed E-state index contributed by atoms with van der Waals surface area (Å²) in [5.74, 6) is 1.21. The summed E-state index contributed by atoms with van der Waals surface area (Å²) in [7, 11) is 0. The molecule has 6 nitrogen and oxygen atoms in total. The van der Waals surface area contributed by atoms with E-state index in [1.807, 2.05) is 24.3 Å².